The van der Waals surface area contributed by atoms with E-state index in [0.29, 0.717) is 6.54 Å². The smallest absolute Gasteiger partial charge is 0.222 e. The second kappa shape index (κ2) is 8.57. The minimum Gasteiger partial charge on any atom is -0.356 e. The molecule has 0 spiro atoms. The SMILES string of the molecule is CSCCC(NC(=O)CCNC(C)=O)c1nc2ccccc2[nH]1. The van der Waals surface area contributed by atoms with Crippen LogP contribution in [-0.2, 0) is 9.59 Å². The molecule has 1 aromatic heterocycles. The normalized spacial score (nSPS) is 12.1. The lowest BCUT2D eigenvalue weighted by Gasteiger charge is -2.16. The van der Waals surface area contributed by atoms with Gasteiger partial charge in [-0.25, -0.2) is 4.98 Å². The molecule has 124 valence electrons. The second-order valence-corrected chi connectivity index (χ2v) is 6.26. The maximum absolute atomic E-state index is 12.1. The Kier molecular flexibility index (Phi) is 6.46. The van der Waals surface area contributed by atoms with Gasteiger partial charge in [-0.15, -0.1) is 0 Å². The Balaban J connectivity index is 2.03. The molecule has 0 aliphatic heterocycles. The molecule has 0 saturated carbocycles. The molecule has 0 saturated heterocycles. The van der Waals surface area contributed by atoms with Gasteiger partial charge in [0.15, 0.2) is 0 Å². The summed E-state index contributed by atoms with van der Waals surface area (Å²) >= 11 is 1.73. The van der Waals surface area contributed by atoms with E-state index in [1.165, 1.54) is 6.92 Å². The first kappa shape index (κ1) is 17.3. The van der Waals surface area contributed by atoms with Crippen LogP contribution < -0.4 is 10.6 Å². The monoisotopic (exact) mass is 334 g/mol. The van der Waals surface area contributed by atoms with Gasteiger partial charge in [0.05, 0.1) is 17.1 Å². The number of benzene rings is 1. The van der Waals surface area contributed by atoms with E-state index in [0.717, 1.165) is 29.0 Å². The number of fused-ring (bicyclic) bond motifs is 1. The summed E-state index contributed by atoms with van der Waals surface area (Å²) in [6.07, 6.45) is 3.09. The van der Waals surface area contributed by atoms with Crippen LogP contribution in [0.25, 0.3) is 11.0 Å². The maximum Gasteiger partial charge on any atom is 0.222 e. The Morgan fingerprint density at radius 2 is 2.13 bits per heavy atom. The molecule has 0 aliphatic rings. The Morgan fingerprint density at radius 1 is 1.35 bits per heavy atom. The van der Waals surface area contributed by atoms with E-state index in [-0.39, 0.29) is 24.3 Å². The number of carbonyl (C=O) groups is 2. The van der Waals surface area contributed by atoms with Crippen molar-refractivity contribution in [3.05, 3.63) is 30.1 Å². The van der Waals surface area contributed by atoms with Crippen LogP contribution >= 0.6 is 11.8 Å². The number of imidazole rings is 1. The van der Waals surface area contributed by atoms with Crippen LogP contribution in [-0.4, -0.2) is 40.3 Å². The van der Waals surface area contributed by atoms with Crippen molar-refractivity contribution in [2.75, 3.05) is 18.6 Å². The molecule has 23 heavy (non-hydrogen) atoms. The van der Waals surface area contributed by atoms with Crippen LogP contribution in [0.4, 0.5) is 0 Å². The first-order valence-corrected chi connectivity index (χ1v) is 8.97. The van der Waals surface area contributed by atoms with Gasteiger partial charge in [-0.2, -0.15) is 11.8 Å². The predicted octanol–water partition coefficient (Wildman–Crippen LogP) is 2.00. The van der Waals surface area contributed by atoms with Gasteiger partial charge in [0.2, 0.25) is 11.8 Å². The Labute approximate surface area is 139 Å². The van der Waals surface area contributed by atoms with Gasteiger partial charge in [-0.05, 0) is 30.6 Å². The van der Waals surface area contributed by atoms with Crippen molar-refractivity contribution >= 4 is 34.6 Å². The highest BCUT2D eigenvalue weighted by Crippen LogP contribution is 2.20. The van der Waals surface area contributed by atoms with Crippen LogP contribution in [0.5, 0.6) is 0 Å². The molecule has 6 nitrogen and oxygen atoms in total. The van der Waals surface area contributed by atoms with Crippen molar-refractivity contribution in [1.82, 2.24) is 20.6 Å². The largest absolute Gasteiger partial charge is 0.356 e. The van der Waals surface area contributed by atoms with Gasteiger partial charge in [-0.3, -0.25) is 9.59 Å². The molecule has 7 heteroatoms. The highest BCUT2D eigenvalue weighted by atomic mass is 32.2. The molecule has 0 fully saturated rings. The summed E-state index contributed by atoms with van der Waals surface area (Å²) in [6, 6.07) is 7.65. The predicted molar refractivity (Wildman–Crippen MR) is 93.3 cm³/mol. The van der Waals surface area contributed by atoms with E-state index in [4.69, 9.17) is 0 Å². The number of nitrogens with zero attached hydrogens (tertiary/aromatic N) is 1. The fraction of sp³-hybridized carbons (Fsp3) is 0.438. The lowest BCUT2D eigenvalue weighted by molar-refractivity contribution is -0.122. The van der Waals surface area contributed by atoms with Crippen molar-refractivity contribution in [2.45, 2.75) is 25.8 Å². The third-order valence-electron chi connectivity index (χ3n) is 3.41. The molecular formula is C16H22N4O2S. The van der Waals surface area contributed by atoms with E-state index in [2.05, 4.69) is 20.6 Å². The number of hydrogen-bond acceptors (Lipinski definition) is 4. The molecule has 3 N–H and O–H groups in total. The quantitative estimate of drug-likeness (QED) is 0.689. The number of hydrogen-bond donors (Lipinski definition) is 3. The Bertz CT molecular complexity index is 638. The van der Waals surface area contributed by atoms with Crippen molar-refractivity contribution < 1.29 is 9.59 Å². The van der Waals surface area contributed by atoms with E-state index in [1.54, 1.807) is 11.8 Å². The number of amides is 2. The van der Waals surface area contributed by atoms with Crippen molar-refractivity contribution in [1.29, 1.82) is 0 Å². The fourth-order valence-electron chi connectivity index (χ4n) is 2.27. The summed E-state index contributed by atoms with van der Waals surface area (Å²) in [5.41, 5.74) is 1.85. The van der Waals surface area contributed by atoms with E-state index in [1.807, 2.05) is 30.5 Å². The van der Waals surface area contributed by atoms with Gasteiger partial charge in [0.1, 0.15) is 5.82 Å². The topological polar surface area (TPSA) is 86.9 Å². The fourth-order valence-corrected chi connectivity index (χ4v) is 2.74. The van der Waals surface area contributed by atoms with Crippen LogP contribution in [0.3, 0.4) is 0 Å². The van der Waals surface area contributed by atoms with Crippen LogP contribution in [0, 0.1) is 0 Å². The summed E-state index contributed by atoms with van der Waals surface area (Å²) in [6.45, 7) is 1.78. The molecule has 0 aliphatic carbocycles. The molecule has 2 rings (SSSR count). The van der Waals surface area contributed by atoms with Crippen LogP contribution in [0.2, 0.25) is 0 Å². The van der Waals surface area contributed by atoms with Gasteiger partial charge in [0.25, 0.3) is 0 Å². The summed E-state index contributed by atoms with van der Waals surface area (Å²) in [5.74, 6) is 1.47. The lowest BCUT2D eigenvalue weighted by Crippen LogP contribution is -2.33. The average molecular weight is 334 g/mol. The third-order valence-corrected chi connectivity index (χ3v) is 4.05. The second-order valence-electron chi connectivity index (χ2n) is 5.27. The zero-order valence-corrected chi connectivity index (χ0v) is 14.2. The molecule has 2 aromatic rings. The minimum atomic E-state index is -0.153. The molecule has 1 heterocycles. The zero-order valence-electron chi connectivity index (χ0n) is 13.4. The van der Waals surface area contributed by atoms with E-state index >= 15 is 0 Å². The maximum atomic E-state index is 12.1. The van der Waals surface area contributed by atoms with Gasteiger partial charge >= 0.3 is 0 Å². The average Bonchev–Trinajstić information content (AvgIpc) is 2.94. The molecular weight excluding hydrogens is 312 g/mol. The summed E-state index contributed by atoms with van der Waals surface area (Å²) < 4.78 is 0. The molecule has 1 aromatic carbocycles. The third kappa shape index (κ3) is 5.28. The number of H-pyrrole nitrogens is 1. The number of aromatic amines is 1. The molecule has 1 atom stereocenters. The molecule has 2 amide bonds. The van der Waals surface area contributed by atoms with Crippen LogP contribution in [0.15, 0.2) is 24.3 Å². The minimum absolute atomic E-state index is 0.0923. The first-order valence-electron chi connectivity index (χ1n) is 7.57. The number of aromatic nitrogens is 2. The van der Waals surface area contributed by atoms with E-state index < -0.39 is 0 Å². The summed E-state index contributed by atoms with van der Waals surface area (Å²) in [7, 11) is 0. The number of nitrogens with one attached hydrogen (secondary N) is 3. The number of rotatable bonds is 8. The molecule has 1 unspecified atom stereocenters. The Hall–Kier alpha value is -2.02. The molecule has 0 bridgehead atoms. The van der Waals surface area contributed by atoms with Crippen molar-refractivity contribution in [3.8, 4) is 0 Å². The van der Waals surface area contributed by atoms with Gasteiger partial charge in [-0.1, -0.05) is 12.1 Å². The number of para-hydroxylation sites is 2. The van der Waals surface area contributed by atoms with Gasteiger partial charge < -0.3 is 15.6 Å². The first-order chi connectivity index (χ1) is 11.1. The van der Waals surface area contributed by atoms with E-state index in [9.17, 15) is 9.59 Å². The van der Waals surface area contributed by atoms with Crippen molar-refractivity contribution in [3.63, 3.8) is 0 Å². The number of carbonyl (C=O) groups excluding carboxylic acids is 2. The lowest BCUT2D eigenvalue weighted by atomic mass is 10.2. The highest BCUT2D eigenvalue weighted by molar-refractivity contribution is 7.98. The Morgan fingerprint density at radius 3 is 2.83 bits per heavy atom. The number of thioether (sulfide) groups is 1. The van der Waals surface area contributed by atoms with Crippen LogP contribution in [0.1, 0.15) is 31.6 Å². The summed E-state index contributed by atoms with van der Waals surface area (Å²) in [4.78, 5) is 30.8. The standard InChI is InChI=1S/C16H22N4O2S/c1-11(21)17-9-7-15(22)18-14(8-10-23-2)16-19-12-5-3-4-6-13(12)20-16/h3-6,14H,7-10H2,1-2H3,(H,17,21)(H,18,22)(H,19,20). The van der Waals surface area contributed by atoms with Crippen molar-refractivity contribution in [2.24, 2.45) is 0 Å². The van der Waals surface area contributed by atoms with Gasteiger partial charge in [0, 0.05) is 19.9 Å². The molecule has 0 radical (unpaired) electrons. The zero-order chi connectivity index (χ0) is 16.7. The summed E-state index contributed by atoms with van der Waals surface area (Å²) in [5, 5.41) is 5.63. The highest BCUT2D eigenvalue weighted by Gasteiger charge is 2.18.